The van der Waals surface area contributed by atoms with Crippen LogP contribution in [0.25, 0.3) is 0 Å². The molecule has 0 atom stereocenters. The van der Waals surface area contributed by atoms with Crippen LogP contribution in [0.15, 0.2) is 36.7 Å². The standard InChI is InChI=1S/C11H13N3/c1-9-2-4-10(5-3-9)14-8-11-12-6-7-13-11/h2-7,14H,8H2,1H3,(H,12,13). The molecular weight excluding hydrogens is 174 g/mol. The monoisotopic (exact) mass is 187 g/mol. The largest absolute Gasteiger partial charge is 0.378 e. The third kappa shape index (κ3) is 2.13. The second-order valence-electron chi connectivity index (χ2n) is 3.26. The van der Waals surface area contributed by atoms with Gasteiger partial charge in [0.15, 0.2) is 0 Å². The molecule has 0 saturated carbocycles. The van der Waals surface area contributed by atoms with Gasteiger partial charge in [-0.25, -0.2) is 4.98 Å². The molecule has 1 aromatic heterocycles. The van der Waals surface area contributed by atoms with E-state index in [0.717, 1.165) is 18.1 Å². The van der Waals surface area contributed by atoms with Crippen LogP contribution in [0.5, 0.6) is 0 Å². The maximum atomic E-state index is 4.13. The van der Waals surface area contributed by atoms with Gasteiger partial charge in [0.25, 0.3) is 0 Å². The van der Waals surface area contributed by atoms with Gasteiger partial charge in [-0.3, -0.25) is 0 Å². The number of benzene rings is 1. The summed E-state index contributed by atoms with van der Waals surface area (Å²) >= 11 is 0. The van der Waals surface area contributed by atoms with Crippen LogP contribution in [0, 0.1) is 6.92 Å². The molecule has 1 heterocycles. The van der Waals surface area contributed by atoms with Gasteiger partial charge in [0.05, 0.1) is 6.54 Å². The van der Waals surface area contributed by atoms with Crippen molar-refractivity contribution in [3.8, 4) is 0 Å². The van der Waals surface area contributed by atoms with Crippen molar-refractivity contribution in [3.05, 3.63) is 48.0 Å². The minimum atomic E-state index is 0.732. The molecule has 2 N–H and O–H groups in total. The van der Waals surface area contributed by atoms with E-state index >= 15 is 0 Å². The maximum Gasteiger partial charge on any atom is 0.125 e. The highest BCUT2D eigenvalue weighted by molar-refractivity contribution is 5.44. The first-order valence-corrected chi connectivity index (χ1v) is 4.63. The van der Waals surface area contributed by atoms with Gasteiger partial charge in [-0.1, -0.05) is 17.7 Å². The molecule has 1 aromatic carbocycles. The molecule has 0 amide bonds. The van der Waals surface area contributed by atoms with Crippen LogP contribution in [0.3, 0.4) is 0 Å². The van der Waals surface area contributed by atoms with Crippen LogP contribution in [-0.2, 0) is 6.54 Å². The van der Waals surface area contributed by atoms with E-state index in [1.807, 2.05) is 6.20 Å². The number of aromatic amines is 1. The SMILES string of the molecule is Cc1ccc(NCc2ncc[nH]2)cc1. The predicted octanol–water partition coefficient (Wildman–Crippen LogP) is 2.33. The highest BCUT2D eigenvalue weighted by Crippen LogP contribution is 2.09. The van der Waals surface area contributed by atoms with E-state index in [-0.39, 0.29) is 0 Å². The van der Waals surface area contributed by atoms with E-state index in [0.29, 0.717) is 0 Å². The molecule has 0 spiro atoms. The number of aryl methyl sites for hydroxylation is 1. The number of nitrogens with one attached hydrogen (secondary N) is 2. The summed E-state index contributed by atoms with van der Waals surface area (Å²) in [5, 5.41) is 3.28. The van der Waals surface area contributed by atoms with Crippen molar-refractivity contribution in [2.75, 3.05) is 5.32 Å². The van der Waals surface area contributed by atoms with Crippen LogP contribution in [0.4, 0.5) is 5.69 Å². The van der Waals surface area contributed by atoms with E-state index in [1.54, 1.807) is 6.20 Å². The Kier molecular flexibility index (Phi) is 2.49. The number of H-pyrrole nitrogens is 1. The molecular formula is C11H13N3. The number of rotatable bonds is 3. The number of aromatic nitrogens is 2. The average Bonchev–Trinajstić information content (AvgIpc) is 2.70. The van der Waals surface area contributed by atoms with Gasteiger partial charge in [0.2, 0.25) is 0 Å². The molecule has 0 bridgehead atoms. The van der Waals surface area contributed by atoms with Gasteiger partial charge in [-0.15, -0.1) is 0 Å². The van der Waals surface area contributed by atoms with Crippen molar-refractivity contribution < 1.29 is 0 Å². The number of imidazole rings is 1. The summed E-state index contributed by atoms with van der Waals surface area (Å²) < 4.78 is 0. The minimum absolute atomic E-state index is 0.732. The normalized spacial score (nSPS) is 10.1. The fraction of sp³-hybridized carbons (Fsp3) is 0.182. The number of hydrogen-bond acceptors (Lipinski definition) is 2. The predicted molar refractivity (Wildman–Crippen MR) is 57.1 cm³/mol. The lowest BCUT2D eigenvalue weighted by Gasteiger charge is -2.04. The molecule has 2 rings (SSSR count). The van der Waals surface area contributed by atoms with Gasteiger partial charge < -0.3 is 10.3 Å². The van der Waals surface area contributed by atoms with Crippen LogP contribution in [-0.4, -0.2) is 9.97 Å². The van der Waals surface area contributed by atoms with Crippen LogP contribution in [0.2, 0.25) is 0 Å². The third-order valence-corrected chi connectivity index (χ3v) is 2.07. The summed E-state index contributed by atoms with van der Waals surface area (Å²) in [6.45, 7) is 2.81. The Morgan fingerprint density at radius 3 is 2.71 bits per heavy atom. The van der Waals surface area contributed by atoms with Crippen molar-refractivity contribution in [1.29, 1.82) is 0 Å². The summed E-state index contributed by atoms with van der Waals surface area (Å²) in [5.74, 6) is 0.950. The fourth-order valence-electron chi connectivity index (χ4n) is 1.25. The number of anilines is 1. The second-order valence-corrected chi connectivity index (χ2v) is 3.26. The van der Waals surface area contributed by atoms with Crippen LogP contribution >= 0.6 is 0 Å². The van der Waals surface area contributed by atoms with Crippen LogP contribution < -0.4 is 5.32 Å². The zero-order chi connectivity index (χ0) is 9.80. The first kappa shape index (κ1) is 8.81. The Hall–Kier alpha value is -1.77. The molecule has 0 radical (unpaired) electrons. The Morgan fingerprint density at radius 1 is 1.29 bits per heavy atom. The Balaban J connectivity index is 1.95. The lowest BCUT2D eigenvalue weighted by atomic mass is 10.2. The number of nitrogens with zero attached hydrogens (tertiary/aromatic N) is 1. The van der Waals surface area contributed by atoms with Gasteiger partial charge in [-0.2, -0.15) is 0 Å². The Morgan fingerprint density at radius 2 is 2.07 bits per heavy atom. The molecule has 0 aliphatic heterocycles. The molecule has 0 fully saturated rings. The van der Waals surface area contributed by atoms with Crippen molar-refractivity contribution in [3.63, 3.8) is 0 Å². The summed E-state index contributed by atoms with van der Waals surface area (Å²) in [6.07, 6.45) is 3.58. The molecule has 3 nitrogen and oxygen atoms in total. The topological polar surface area (TPSA) is 40.7 Å². The lowest BCUT2D eigenvalue weighted by molar-refractivity contribution is 1.000. The van der Waals surface area contributed by atoms with Gasteiger partial charge in [0, 0.05) is 18.1 Å². The summed E-state index contributed by atoms with van der Waals surface area (Å²) in [6, 6.07) is 8.31. The van der Waals surface area contributed by atoms with Crippen LogP contribution in [0.1, 0.15) is 11.4 Å². The molecule has 72 valence electrons. The second kappa shape index (κ2) is 3.96. The van der Waals surface area contributed by atoms with E-state index < -0.39 is 0 Å². The molecule has 3 heteroatoms. The minimum Gasteiger partial charge on any atom is -0.378 e. The zero-order valence-electron chi connectivity index (χ0n) is 8.12. The quantitative estimate of drug-likeness (QED) is 0.774. The molecule has 14 heavy (non-hydrogen) atoms. The van der Waals surface area contributed by atoms with Crippen molar-refractivity contribution in [1.82, 2.24) is 9.97 Å². The zero-order valence-corrected chi connectivity index (χ0v) is 8.12. The Labute approximate surface area is 83.2 Å². The molecule has 0 aliphatic rings. The van der Waals surface area contributed by atoms with Crippen molar-refractivity contribution in [2.24, 2.45) is 0 Å². The Bertz CT molecular complexity index is 375. The highest BCUT2D eigenvalue weighted by Gasteiger charge is 1.94. The summed E-state index contributed by atoms with van der Waals surface area (Å²) in [5.41, 5.74) is 2.39. The number of hydrogen-bond donors (Lipinski definition) is 2. The van der Waals surface area contributed by atoms with E-state index in [4.69, 9.17) is 0 Å². The fourth-order valence-corrected chi connectivity index (χ4v) is 1.25. The molecule has 0 unspecified atom stereocenters. The van der Waals surface area contributed by atoms with Crippen molar-refractivity contribution >= 4 is 5.69 Å². The van der Waals surface area contributed by atoms with E-state index in [2.05, 4.69) is 46.5 Å². The van der Waals surface area contributed by atoms with Gasteiger partial charge in [0.1, 0.15) is 5.82 Å². The summed E-state index contributed by atoms with van der Waals surface area (Å²) in [7, 11) is 0. The van der Waals surface area contributed by atoms with Crippen molar-refractivity contribution in [2.45, 2.75) is 13.5 Å². The first-order valence-electron chi connectivity index (χ1n) is 4.63. The lowest BCUT2D eigenvalue weighted by Crippen LogP contribution is -2.00. The van der Waals surface area contributed by atoms with Gasteiger partial charge in [-0.05, 0) is 19.1 Å². The average molecular weight is 187 g/mol. The van der Waals surface area contributed by atoms with E-state index in [9.17, 15) is 0 Å². The molecule has 0 saturated heterocycles. The highest BCUT2D eigenvalue weighted by atomic mass is 15.0. The molecule has 0 aliphatic carbocycles. The van der Waals surface area contributed by atoms with E-state index in [1.165, 1.54) is 5.56 Å². The molecule has 2 aromatic rings. The smallest absolute Gasteiger partial charge is 0.125 e. The first-order chi connectivity index (χ1) is 6.84. The maximum absolute atomic E-state index is 4.13. The summed E-state index contributed by atoms with van der Waals surface area (Å²) in [4.78, 5) is 7.18. The van der Waals surface area contributed by atoms with Gasteiger partial charge >= 0.3 is 0 Å². The third-order valence-electron chi connectivity index (χ3n) is 2.07.